The Kier molecular flexibility index (Phi) is 5.97. The minimum atomic E-state index is -0.519. The first-order valence-electron chi connectivity index (χ1n) is 8.41. The fraction of sp³-hybridized carbons (Fsp3) is 0.353. The first kappa shape index (κ1) is 19.2. The predicted molar refractivity (Wildman–Crippen MR) is 108 cm³/mol. The number of nitrogens with zero attached hydrogens (tertiary/aromatic N) is 2. The predicted octanol–water partition coefficient (Wildman–Crippen LogP) is 3.92. The molecule has 0 aliphatic heterocycles. The molecular formula is C17H18N4O4S2. The van der Waals surface area contributed by atoms with Crippen molar-refractivity contribution in [1.82, 2.24) is 4.98 Å². The minimum Gasteiger partial charge on any atom is -0.465 e. The van der Waals surface area contributed by atoms with Gasteiger partial charge in [-0.05, 0) is 49.5 Å². The van der Waals surface area contributed by atoms with Crippen LogP contribution < -0.4 is 10.6 Å². The quantitative estimate of drug-likeness (QED) is 0.259. The van der Waals surface area contributed by atoms with E-state index < -0.39 is 4.92 Å². The Hall–Kier alpha value is -2.59. The molecule has 0 amide bonds. The molecule has 0 aromatic carbocycles. The highest BCUT2D eigenvalue weighted by atomic mass is 32.1. The van der Waals surface area contributed by atoms with Gasteiger partial charge in [0.15, 0.2) is 5.11 Å². The number of fused-ring (bicyclic) bond motifs is 1. The number of aromatic nitrogens is 1. The van der Waals surface area contributed by atoms with Crippen LogP contribution in [0.3, 0.4) is 0 Å². The summed E-state index contributed by atoms with van der Waals surface area (Å²) < 4.78 is 4.97. The molecule has 3 rings (SSSR count). The number of aryl methyl sites for hydroxylation is 1. The van der Waals surface area contributed by atoms with Gasteiger partial charge in [-0.3, -0.25) is 10.1 Å². The largest absolute Gasteiger partial charge is 0.465 e. The molecule has 1 aliphatic rings. The van der Waals surface area contributed by atoms with E-state index in [4.69, 9.17) is 17.0 Å². The molecule has 142 valence electrons. The highest BCUT2D eigenvalue weighted by Gasteiger charge is 2.25. The summed E-state index contributed by atoms with van der Waals surface area (Å²) in [5.74, 6) is -0.0102. The number of thiocarbonyl (C=S) groups is 1. The summed E-state index contributed by atoms with van der Waals surface area (Å²) in [4.78, 5) is 27.6. The van der Waals surface area contributed by atoms with E-state index in [0.29, 0.717) is 16.4 Å². The lowest BCUT2D eigenvalue weighted by Crippen LogP contribution is -2.20. The average molecular weight is 406 g/mol. The minimum absolute atomic E-state index is 0.102. The Balaban J connectivity index is 1.79. The molecule has 0 radical (unpaired) electrons. The normalized spacial score (nSPS) is 13.2. The molecule has 2 aromatic rings. The lowest BCUT2D eigenvalue weighted by molar-refractivity contribution is -0.385. The average Bonchev–Trinajstić information content (AvgIpc) is 2.82. The van der Waals surface area contributed by atoms with Crippen molar-refractivity contribution < 1.29 is 14.5 Å². The molecule has 1 aliphatic carbocycles. The second kappa shape index (κ2) is 8.40. The third-order valence-electron chi connectivity index (χ3n) is 4.24. The lowest BCUT2D eigenvalue weighted by Gasteiger charge is -2.10. The van der Waals surface area contributed by atoms with Gasteiger partial charge >= 0.3 is 5.97 Å². The lowest BCUT2D eigenvalue weighted by atomic mass is 10.1. The molecule has 2 heterocycles. The molecule has 10 heteroatoms. The zero-order valence-electron chi connectivity index (χ0n) is 14.6. The summed E-state index contributed by atoms with van der Waals surface area (Å²) >= 11 is 6.83. The van der Waals surface area contributed by atoms with Crippen LogP contribution in [0.25, 0.3) is 0 Å². The molecule has 27 heavy (non-hydrogen) atoms. The van der Waals surface area contributed by atoms with E-state index in [0.717, 1.165) is 43.9 Å². The van der Waals surface area contributed by atoms with Crippen LogP contribution in [0.5, 0.6) is 0 Å². The van der Waals surface area contributed by atoms with Gasteiger partial charge in [0.25, 0.3) is 5.69 Å². The van der Waals surface area contributed by atoms with Gasteiger partial charge in [-0.1, -0.05) is 6.42 Å². The van der Waals surface area contributed by atoms with Gasteiger partial charge in [-0.15, -0.1) is 11.3 Å². The van der Waals surface area contributed by atoms with Crippen molar-refractivity contribution in [3.63, 3.8) is 0 Å². The van der Waals surface area contributed by atoms with Crippen molar-refractivity contribution in [2.24, 2.45) is 0 Å². The number of thiophene rings is 1. The zero-order chi connectivity index (χ0) is 19.4. The molecule has 2 N–H and O–H groups in total. The summed E-state index contributed by atoms with van der Waals surface area (Å²) in [7, 11) is 1.37. The van der Waals surface area contributed by atoms with Gasteiger partial charge in [0, 0.05) is 10.9 Å². The van der Waals surface area contributed by atoms with Crippen molar-refractivity contribution in [3.8, 4) is 0 Å². The third kappa shape index (κ3) is 4.40. The maximum absolute atomic E-state index is 12.3. The summed E-state index contributed by atoms with van der Waals surface area (Å²) in [6, 6.07) is 2.81. The molecule has 8 nitrogen and oxygen atoms in total. The summed E-state index contributed by atoms with van der Waals surface area (Å²) in [6.07, 6.45) is 6.23. The van der Waals surface area contributed by atoms with Gasteiger partial charge in [0.1, 0.15) is 17.0 Å². The molecule has 2 aromatic heterocycles. The van der Waals surface area contributed by atoms with Crippen LogP contribution in [0.2, 0.25) is 0 Å². The first-order valence-corrected chi connectivity index (χ1v) is 9.63. The van der Waals surface area contributed by atoms with Crippen LogP contribution in [0.15, 0.2) is 18.3 Å². The fourth-order valence-corrected chi connectivity index (χ4v) is 4.52. The second-order valence-corrected chi connectivity index (χ2v) is 7.51. The van der Waals surface area contributed by atoms with Crippen molar-refractivity contribution >= 4 is 51.1 Å². The van der Waals surface area contributed by atoms with E-state index in [1.54, 1.807) is 0 Å². The van der Waals surface area contributed by atoms with Crippen LogP contribution in [0.4, 0.5) is 16.5 Å². The number of carbonyl (C=O) groups is 1. The van der Waals surface area contributed by atoms with Crippen LogP contribution in [0, 0.1) is 10.1 Å². The standard InChI is InChI=1S/C17H18N4O4S2/c1-25-16(22)14-11-5-3-2-4-6-12(11)27-15(14)20-17(26)19-13-8-7-10(9-18-13)21(23)24/h7-9H,2-6H2,1H3,(H2,18,19,20,26). The van der Waals surface area contributed by atoms with Crippen molar-refractivity contribution in [2.75, 3.05) is 17.7 Å². The van der Waals surface area contributed by atoms with Crippen LogP contribution in [0.1, 0.15) is 40.1 Å². The molecular weight excluding hydrogens is 388 g/mol. The zero-order valence-corrected chi connectivity index (χ0v) is 16.2. The SMILES string of the molecule is COC(=O)c1c(NC(=S)Nc2ccc([N+](=O)[O-])cn2)sc2c1CCCCC2. The number of nitro groups is 1. The third-order valence-corrected chi connectivity index (χ3v) is 5.65. The molecule has 0 bridgehead atoms. The summed E-state index contributed by atoms with van der Waals surface area (Å²) in [5, 5.41) is 17.5. The van der Waals surface area contributed by atoms with E-state index in [1.165, 1.54) is 35.5 Å². The number of pyridine rings is 1. The van der Waals surface area contributed by atoms with Gasteiger partial charge in [-0.25, -0.2) is 9.78 Å². The monoisotopic (exact) mass is 406 g/mol. The maximum atomic E-state index is 12.3. The second-order valence-electron chi connectivity index (χ2n) is 6.00. The van der Waals surface area contributed by atoms with Gasteiger partial charge in [0.05, 0.1) is 17.6 Å². The highest BCUT2D eigenvalue weighted by Crippen LogP contribution is 2.38. The van der Waals surface area contributed by atoms with Crippen molar-refractivity contribution in [3.05, 3.63) is 44.4 Å². The first-order chi connectivity index (χ1) is 13.0. The molecule has 0 spiro atoms. The van der Waals surface area contributed by atoms with Gasteiger partial charge < -0.3 is 15.4 Å². The van der Waals surface area contributed by atoms with Crippen molar-refractivity contribution in [2.45, 2.75) is 32.1 Å². The summed E-state index contributed by atoms with van der Waals surface area (Å²) in [5.41, 5.74) is 1.48. The smallest absolute Gasteiger partial charge is 0.341 e. The van der Waals surface area contributed by atoms with Crippen LogP contribution >= 0.6 is 23.6 Å². The Bertz CT molecular complexity index is 880. The Morgan fingerprint density at radius 3 is 2.74 bits per heavy atom. The Morgan fingerprint density at radius 1 is 1.30 bits per heavy atom. The number of hydrogen-bond donors (Lipinski definition) is 2. The van der Waals surface area contributed by atoms with E-state index >= 15 is 0 Å². The van der Waals surface area contributed by atoms with E-state index in [2.05, 4.69) is 15.6 Å². The molecule has 0 unspecified atom stereocenters. The van der Waals surface area contributed by atoms with E-state index in [9.17, 15) is 14.9 Å². The van der Waals surface area contributed by atoms with Crippen LogP contribution in [-0.2, 0) is 17.6 Å². The highest BCUT2D eigenvalue weighted by molar-refractivity contribution is 7.80. The fourth-order valence-electron chi connectivity index (χ4n) is 2.97. The Labute approximate surface area is 165 Å². The number of hydrogen-bond acceptors (Lipinski definition) is 7. The van der Waals surface area contributed by atoms with Crippen molar-refractivity contribution in [1.29, 1.82) is 0 Å². The number of methoxy groups -OCH3 is 1. The van der Waals surface area contributed by atoms with E-state index in [1.807, 2.05) is 0 Å². The Morgan fingerprint density at radius 2 is 2.07 bits per heavy atom. The molecule has 0 atom stereocenters. The number of carbonyl (C=O) groups excluding carboxylic acids is 1. The van der Waals surface area contributed by atoms with Crippen LogP contribution in [-0.4, -0.2) is 28.1 Å². The molecule has 0 saturated heterocycles. The number of anilines is 2. The number of ether oxygens (including phenoxy) is 1. The maximum Gasteiger partial charge on any atom is 0.341 e. The van der Waals surface area contributed by atoms with Gasteiger partial charge in [-0.2, -0.15) is 0 Å². The molecule has 0 fully saturated rings. The molecule has 0 saturated carbocycles. The van der Waals surface area contributed by atoms with Gasteiger partial charge in [0.2, 0.25) is 0 Å². The summed E-state index contributed by atoms with van der Waals surface area (Å²) in [6.45, 7) is 0. The number of rotatable bonds is 4. The topological polar surface area (TPSA) is 106 Å². The number of esters is 1. The number of nitrogens with one attached hydrogen (secondary N) is 2. The van der Waals surface area contributed by atoms with E-state index in [-0.39, 0.29) is 16.8 Å².